The van der Waals surface area contributed by atoms with Gasteiger partial charge in [0.2, 0.25) is 12.7 Å². The molecule has 8 heteroatoms. The minimum Gasteiger partial charge on any atom is -0.497 e. The number of nitrogens with zero attached hydrogens (tertiary/aromatic N) is 2. The van der Waals surface area contributed by atoms with Gasteiger partial charge >= 0.3 is 0 Å². The molecule has 3 aromatic rings. The largest absolute Gasteiger partial charge is 0.497 e. The normalized spacial score (nSPS) is 11.8. The Morgan fingerprint density at radius 2 is 1.75 bits per heavy atom. The summed E-state index contributed by atoms with van der Waals surface area (Å²) in [6.07, 6.45) is 0. The standard InChI is InChI=1S/C20H20N4O4/c1-12-8-19(22-13-4-6-17-18(9-13)28-11-27-17)24-20(21-12)23-15-10-14(25-2)5-7-16(15)26-3/h4-10H,11H2,1-3H3,(H2,21,22,23,24). The summed E-state index contributed by atoms with van der Waals surface area (Å²) in [7, 11) is 3.22. The van der Waals surface area contributed by atoms with Crippen LogP contribution in [0.4, 0.5) is 23.1 Å². The second-order valence-corrected chi connectivity index (χ2v) is 6.10. The van der Waals surface area contributed by atoms with Crippen LogP contribution in [0, 0.1) is 6.92 Å². The van der Waals surface area contributed by atoms with E-state index in [2.05, 4.69) is 20.6 Å². The van der Waals surface area contributed by atoms with E-state index >= 15 is 0 Å². The molecule has 0 bridgehead atoms. The second kappa shape index (κ2) is 7.51. The number of methoxy groups -OCH3 is 2. The number of aromatic nitrogens is 2. The number of ether oxygens (including phenoxy) is 4. The van der Waals surface area contributed by atoms with Crippen LogP contribution in [0.3, 0.4) is 0 Å². The van der Waals surface area contributed by atoms with Gasteiger partial charge in [0.1, 0.15) is 17.3 Å². The SMILES string of the molecule is COc1ccc(OC)c(Nc2nc(C)cc(Nc3ccc4c(c3)OCO4)n2)c1. The van der Waals surface area contributed by atoms with E-state index in [4.69, 9.17) is 18.9 Å². The summed E-state index contributed by atoms with van der Waals surface area (Å²) in [5.74, 6) is 3.89. The third kappa shape index (κ3) is 3.71. The van der Waals surface area contributed by atoms with Gasteiger partial charge in [-0.3, -0.25) is 0 Å². The van der Waals surface area contributed by atoms with E-state index < -0.39 is 0 Å². The molecule has 0 atom stereocenters. The van der Waals surface area contributed by atoms with E-state index in [0.717, 1.165) is 17.1 Å². The maximum absolute atomic E-state index is 5.42. The lowest BCUT2D eigenvalue weighted by Gasteiger charge is -2.13. The van der Waals surface area contributed by atoms with Crippen molar-refractivity contribution < 1.29 is 18.9 Å². The highest BCUT2D eigenvalue weighted by atomic mass is 16.7. The van der Waals surface area contributed by atoms with Crippen molar-refractivity contribution in [3.05, 3.63) is 48.2 Å². The molecule has 2 N–H and O–H groups in total. The van der Waals surface area contributed by atoms with Gasteiger partial charge in [0.25, 0.3) is 0 Å². The molecule has 4 rings (SSSR count). The minimum absolute atomic E-state index is 0.238. The molecule has 0 saturated heterocycles. The highest BCUT2D eigenvalue weighted by Gasteiger charge is 2.14. The Morgan fingerprint density at radius 1 is 0.893 bits per heavy atom. The monoisotopic (exact) mass is 380 g/mol. The van der Waals surface area contributed by atoms with E-state index in [1.165, 1.54) is 0 Å². The average Bonchev–Trinajstić information content (AvgIpc) is 3.15. The summed E-state index contributed by atoms with van der Waals surface area (Å²) in [5, 5.41) is 6.46. The highest BCUT2D eigenvalue weighted by Crippen LogP contribution is 2.35. The van der Waals surface area contributed by atoms with E-state index in [-0.39, 0.29) is 6.79 Å². The molecule has 0 saturated carbocycles. The fourth-order valence-electron chi connectivity index (χ4n) is 2.84. The Kier molecular flexibility index (Phi) is 4.76. The van der Waals surface area contributed by atoms with Crippen LogP contribution in [-0.2, 0) is 0 Å². The van der Waals surface area contributed by atoms with Gasteiger partial charge in [-0.1, -0.05) is 0 Å². The van der Waals surface area contributed by atoms with Crippen LogP contribution in [-0.4, -0.2) is 31.0 Å². The zero-order valence-electron chi connectivity index (χ0n) is 15.8. The first-order chi connectivity index (χ1) is 13.6. The molecule has 2 aromatic carbocycles. The predicted octanol–water partition coefficient (Wildman–Crippen LogP) is 4.02. The first kappa shape index (κ1) is 17.7. The molecule has 0 unspecified atom stereocenters. The van der Waals surface area contributed by atoms with Crippen molar-refractivity contribution in [2.45, 2.75) is 6.92 Å². The van der Waals surface area contributed by atoms with Gasteiger partial charge in [0.15, 0.2) is 11.5 Å². The van der Waals surface area contributed by atoms with Crippen LogP contribution in [0.25, 0.3) is 0 Å². The van der Waals surface area contributed by atoms with Crippen molar-refractivity contribution in [1.29, 1.82) is 0 Å². The molecular weight excluding hydrogens is 360 g/mol. The van der Waals surface area contributed by atoms with Crippen LogP contribution in [0.15, 0.2) is 42.5 Å². The Balaban J connectivity index is 1.59. The summed E-state index contributed by atoms with van der Waals surface area (Å²) < 4.78 is 21.4. The summed E-state index contributed by atoms with van der Waals surface area (Å²) in [4.78, 5) is 9.00. The quantitative estimate of drug-likeness (QED) is 0.663. The maximum atomic E-state index is 5.42. The predicted molar refractivity (Wildman–Crippen MR) is 105 cm³/mol. The lowest BCUT2D eigenvalue weighted by molar-refractivity contribution is 0.174. The van der Waals surface area contributed by atoms with Crippen molar-refractivity contribution in [2.75, 3.05) is 31.6 Å². The fraction of sp³-hybridized carbons (Fsp3) is 0.200. The Morgan fingerprint density at radius 3 is 2.57 bits per heavy atom. The summed E-state index contributed by atoms with van der Waals surface area (Å²) in [5.41, 5.74) is 2.36. The lowest BCUT2D eigenvalue weighted by atomic mass is 10.2. The van der Waals surface area contributed by atoms with E-state index in [1.54, 1.807) is 14.2 Å². The molecule has 1 aromatic heterocycles. The molecular formula is C20H20N4O4. The van der Waals surface area contributed by atoms with Crippen LogP contribution in [0.5, 0.6) is 23.0 Å². The third-order valence-corrected chi connectivity index (χ3v) is 4.15. The summed E-state index contributed by atoms with van der Waals surface area (Å²) in [6, 6.07) is 13.0. The topological polar surface area (TPSA) is 86.8 Å². The first-order valence-electron chi connectivity index (χ1n) is 8.66. The number of nitrogens with one attached hydrogen (secondary N) is 2. The van der Waals surface area contributed by atoms with Crippen molar-refractivity contribution in [3.8, 4) is 23.0 Å². The van der Waals surface area contributed by atoms with Crippen molar-refractivity contribution >= 4 is 23.1 Å². The minimum atomic E-state index is 0.238. The number of hydrogen-bond acceptors (Lipinski definition) is 8. The second-order valence-electron chi connectivity index (χ2n) is 6.10. The fourth-order valence-corrected chi connectivity index (χ4v) is 2.84. The molecule has 8 nitrogen and oxygen atoms in total. The highest BCUT2D eigenvalue weighted by molar-refractivity contribution is 5.67. The van der Waals surface area contributed by atoms with Crippen LogP contribution in [0.2, 0.25) is 0 Å². The van der Waals surface area contributed by atoms with Gasteiger partial charge in [-0.25, -0.2) is 4.98 Å². The van der Waals surface area contributed by atoms with Gasteiger partial charge in [-0.05, 0) is 31.2 Å². The summed E-state index contributed by atoms with van der Waals surface area (Å²) in [6.45, 7) is 2.14. The number of fused-ring (bicyclic) bond motifs is 1. The van der Waals surface area contributed by atoms with Crippen LogP contribution in [0.1, 0.15) is 5.69 Å². The van der Waals surface area contributed by atoms with Gasteiger partial charge in [-0.15, -0.1) is 0 Å². The van der Waals surface area contributed by atoms with Crippen molar-refractivity contribution in [2.24, 2.45) is 0 Å². The van der Waals surface area contributed by atoms with Gasteiger partial charge in [0, 0.05) is 29.6 Å². The van der Waals surface area contributed by atoms with Crippen LogP contribution >= 0.6 is 0 Å². The molecule has 1 aliphatic heterocycles. The van der Waals surface area contributed by atoms with E-state index in [0.29, 0.717) is 34.7 Å². The molecule has 0 aliphatic carbocycles. The third-order valence-electron chi connectivity index (χ3n) is 4.15. The number of hydrogen-bond donors (Lipinski definition) is 2. The zero-order valence-corrected chi connectivity index (χ0v) is 15.8. The lowest BCUT2D eigenvalue weighted by Crippen LogP contribution is -2.03. The average molecular weight is 380 g/mol. The van der Waals surface area contributed by atoms with E-state index in [9.17, 15) is 0 Å². The summed E-state index contributed by atoms with van der Waals surface area (Å²) >= 11 is 0. The number of rotatable bonds is 6. The van der Waals surface area contributed by atoms with Crippen LogP contribution < -0.4 is 29.6 Å². The van der Waals surface area contributed by atoms with Gasteiger partial charge < -0.3 is 29.6 Å². The molecule has 1 aliphatic rings. The molecule has 0 radical (unpaired) electrons. The zero-order chi connectivity index (χ0) is 19.5. The van der Waals surface area contributed by atoms with E-state index in [1.807, 2.05) is 49.4 Å². The Hall–Kier alpha value is -3.68. The van der Waals surface area contributed by atoms with Gasteiger partial charge in [0.05, 0.1) is 19.9 Å². The maximum Gasteiger partial charge on any atom is 0.231 e. The molecule has 144 valence electrons. The molecule has 28 heavy (non-hydrogen) atoms. The Labute approximate surface area is 162 Å². The van der Waals surface area contributed by atoms with Gasteiger partial charge in [-0.2, -0.15) is 4.98 Å². The number of anilines is 4. The number of aryl methyl sites for hydroxylation is 1. The van der Waals surface area contributed by atoms with Crippen molar-refractivity contribution in [1.82, 2.24) is 9.97 Å². The molecule has 0 spiro atoms. The Bertz CT molecular complexity index is 1010. The smallest absolute Gasteiger partial charge is 0.231 e. The van der Waals surface area contributed by atoms with Crippen molar-refractivity contribution in [3.63, 3.8) is 0 Å². The molecule has 0 amide bonds. The molecule has 0 fully saturated rings. The number of benzene rings is 2. The molecule has 2 heterocycles. The first-order valence-corrected chi connectivity index (χ1v) is 8.66.